The van der Waals surface area contributed by atoms with Gasteiger partial charge >= 0.3 is 0 Å². The van der Waals surface area contributed by atoms with Gasteiger partial charge in [0.25, 0.3) is 5.91 Å². The highest BCUT2D eigenvalue weighted by Crippen LogP contribution is 2.44. The molecule has 2 bridgehead atoms. The van der Waals surface area contributed by atoms with Crippen LogP contribution in [0.1, 0.15) is 54.9 Å². The van der Waals surface area contributed by atoms with Gasteiger partial charge in [-0.3, -0.25) is 9.59 Å². The molecule has 5 heterocycles. The van der Waals surface area contributed by atoms with Crippen LogP contribution in [0.5, 0.6) is 5.75 Å². The molecule has 2 aromatic carbocycles. The van der Waals surface area contributed by atoms with Crippen LogP contribution in [0.25, 0.3) is 44.8 Å². The fourth-order valence-corrected chi connectivity index (χ4v) is 8.28. The summed E-state index contributed by atoms with van der Waals surface area (Å²) in [5.41, 5.74) is 8.09. The Morgan fingerprint density at radius 1 is 1.02 bits per heavy atom. The van der Waals surface area contributed by atoms with E-state index in [0.717, 1.165) is 82.0 Å². The van der Waals surface area contributed by atoms with E-state index in [4.69, 9.17) is 14.7 Å². The van der Waals surface area contributed by atoms with Crippen molar-refractivity contribution in [1.29, 1.82) is 0 Å². The molecule has 9 nitrogen and oxygen atoms in total. The van der Waals surface area contributed by atoms with E-state index in [9.17, 15) is 9.59 Å². The van der Waals surface area contributed by atoms with Crippen molar-refractivity contribution in [3.63, 3.8) is 0 Å². The molecule has 3 aromatic heterocycles. The number of imidazole rings is 1. The van der Waals surface area contributed by atoms with E-state index in [1.165, 1.54) is 19.3 Å². The number of likely N-dealkylation sites (tertiary alicyclic amines) is 1. The van der Waals surface area contributed by atoms with Crippen LogP contribution in [0.3, 0.4) is 0 Å². The molecule has 0 radical (unpaired) electrons. The highest BCUT2D eigenvalue weighted by atomic mass is 16.5. The summed E-state index contributed by atoms with van der Waals surface area (Å²) in [6.07, 6.45) is 6.02. The summed E-state index contributed by atoms with van der Waals surface area (Å²) in [7, 11) is 3.69. The van der Waals surface area contributed by atoms with Gasteiger partial charge in [0.2, 0.25) is 5.91 Å². The zero-order chi connectivity index (χ0) is 31.3. The molecule has 3 fully saturated rings. The molecule has 4 aliphatic rings. The highest BCUT2D eigenvalue weighted by Gasteiger charge is 2.46. The summed E-state index contributed by atoms with van der Waals surface area (Å²) < 4.78 is 10.3. The van der Waals surface area contributed by atoms with Crippen LogP contribution in [0.2, 0.25) is 0 Å². The lowest BCUT2D eigenvalue weighted by molar-refractivity contribution is -0.116. The quantitative estimate of drug-likeness (QED) is 0.238. The van der Waals surface area contributed by atoms with Gasteiger partial charge in [0.05, 0.1) is 24.0 Å². The number of amides is 2. The van der Waals surface area contributed by atoms with Crippen LogP contribution in [-0.2, 0) is 24.8 Å². The van der Waals surface area contributed by atoms with Crippen LogP contribution in [-0.4, -0.2) is 55.5 Å². The maximum absolute atomic E-state index is 13.8. The molecule has 0 spiro atoms. The zero-order valence-corrected chi connectivity index (χ0v) is 26.5. The molecule has 2 aliphatic heterocycles. The summed E-state index contributed by atoms with van der Waals surface area (Å²) >= 11 is 0. The van der Waals surface area contributed by atoms with Gasteiger partial charge < -0.3 is 24.1 Å². The molecule has 2 aliphatic carbocycles. The number of piperidine rings is 1. The number of hydrogen-bond acceptors (Lipinski definition) is 5. The normalized spacial score (nSPS) is 22.1. The van der Waals surface area contributed by atoms with E-state index in [-0.39, 0.29) is 11.8 Å². The molecule has 3 atom stereocenters. The van der Waals surface area contributed by atoms with E-state index in [0.29, 0.717) is 41.5 Å². The summed E-state index contributed by atoms with van der Waals surface area (Å²) in [5, 5.41) is 4.08. The first kappa shape index (κ1) is 27.6. The van der Waals surface area contributed by atoms with E-state index in [1.54, 1.807) is 7.11 Å². The SMILES string of the molecule is COc1cc(C(=O)N2CC3CCC2[C@@H]3C)cc2nc(-c3cc4ccc(-c5ccc6c(c5)NC(=O)CC6)nc4n3CC3CC3)n(C)c12. The topological polar surface area (TPSA) is 94.3 Å². The molecule has 234 valence electrons. The van der Waals surface area contributed by atoms with E-state index in [2.05, 4.69) is 56.6 Å². The Hall–Kier alpha value is -4.66. The van der Waals surface area contributed by atoms with E-state index < -0.39 is 0 Å². The fraction of sp³-hybridized carbons (Fsp3) is 0.405. The lowest BCUT2D eigenvalue weighted by Gasteiger charge is -2.27. The third-order valence-corrected chi connectivity index (χ3v) is 11.1. The zero-order valence-electron chi connectivity index (χ0n) is 26.5. The van der Waals surface area contributed by atoms with Crippen molar-refractivity contribution >= 4 is 39.6 Å². The van der Waals surface area contributed by atoms with Crippen LogP contribution in [0.4, 0.5) is 5.69 Å². The molecule has 5 aromatic rings. The monoisotopic (exact) mass is 614 g/mol. The third kappa shape index (κ3) is 4.27. The number of carbonyl (C=O) groups excluding carboxylic acids is 2. The number of pyridine rings is 1. The summed E-state index contributed by atoms with van der Waals surface area (Å²) in [6, 6.07) is 16.8. The van der Waals surface area contributed by atoms with Gasteiger partial charge in [0.15, 0.2) is 5.82 Å². The predicted octanol–water partition coefficient (Wildman–Crippen LogP) is 6.43. The lowest BCUT2D eigenvalue weighted by Crippen LogP contribution is -2.38. The molecule has 46 heavy (non-hydrogen) atoms. The minimum atomic E-state index is 0.0595. The van der Waals surface area contributed by atoms with Gasteiger partial charge in [-0.2, -0.15) is 0 Å². The summed E-state index contributed by atoms with van der Waals surface area (Å²) in [6.45, 7) is 4.00. The van der Waals surface area contributed by atoms with E-state index in [1.807, 2.05) is 25.2 Å². The number of carbonyl (C=O) groups is 2. The van der Waals surface area contributed by atoms with Crippen LogP contribution in [0.15, 0.2) is 48.5 Å². The van der Waals surface area contributed by atoms with Gasteiger partial charge in [-0.25, -0.2) is 9.97 Å². The second kappa shape index (κ2) is 10.2. The first-order chi connectivity index (χ1) is 22.4. The molecule has 2 saturated carbocycles. The average Bonchev–Trinajstić information content (AvgIpc) is 3.47. The number of nitrogens with one attached hydrogen (secondary N) is 1. The third-order valence-electron chi connectivity index (χ3n) is 11.1. The number of benzene rings is 2. The molecule has 9 heteroatoms. The Balaban J connectivity index is 1.14. The number of hydrogen-bond donors (Lipinski definition) is 1. The Morgan fingerprint density at radius 3 is 2.65 bits per heavy atom. The Labute approximate surface area is 267 Å². The minimum Gasteiger partial charge on any atom is -0.494 e. The second-order valence-electron chi connectivity index (χ2n) is 13.9. The highest BCUT2D eigenvalue weighted by molar-refractivity contribution is 6.00. The molecule has 1 saturated heterocycles. The maximum atomic E-state index is 13.8. The first-order valence-corrected chi connectivity index (χ1v) is 16.7. The Morgan fingerprint density at radius 2 is 1.89 bits per heavy atom. The summed E-state index contributed by atoms with van der Waals surface area (Å²) in [4.78, 5) is 38.3. The van der Waals surface area contributed by atoms with E-state index >= 15 is 0 Å². The van der Waals surface area contributed by atoms with Crippen LogP contribution >= 0.6 is 0 Å². The predicted molar refractivity (Wildman–Crippen MR) is 178 cm³/mol. The van der Waals surface area contributed by atoms with Gasteiger partial charge in [0.1, 0.15) is 16.9 Å². The maximum Gasteiger partial charge on any atom is 0.254 e. The second-order valence-corrected chi connectivity index (χ2v) is 13.9. The first-order valence-electron chi connectivity index (χ1n) is 16.7. The number of ether oxygens (including phenoxy) is 1. The number of aryl methyl sites for hydroxylation is 2. The molecule has 2 unspecified atom stereocenters. The largest absolute Gasteiger partial charge is 0.494 e. The number of rotatable bonds is 6. The van der Waals surface area contributed by atoms with Crippen LogP contribution < -0.4 is 10.1 Å². The number of aromatic nitrogens is 4. The van der Waals surface area contributed by atoms with Gasteiger partial charge in [-0.15, -0.1) is 0 Å². The van der Waals surface area contributed by atoms with Crippen molar-refractivity contribution in [2.75, 3.05) is 19.0 Å². The van der Waals surface area contributed by atoms with Gasteiger partial charge in [-0.1, -0.05) is 19.1 Å². The number of nitrogens with zero attached hydrogens (tertiary/aromatic N) is 5. The van der Waals surface area contributed by atoms with Crippen molar-refractivity contribution in [3.05, 3.63) is 59.7 Å². The standard InChI is InChI=1S/C37H38N6O3/c1-20-25-9-12-30(20)43(19-25)37(45)26-15-29-34(32(17-26)46-3)41(2)36(40-29)31-16-24-8-11-27(39-35(24)42(31)18-21-4-5-21)23-7-6-22-10-13-33(44)38-28(22)14-23/h6-8,11,14-17,20-21,25,30H,4-5,9-10,12-13,18-19H2,1-3H3,(H,38,44)/t20-,25?,30?/m1/s1. The Bertz CT molecular complexity index is 2090. The van der Waals surface area contributed by atoms with Gasteiger partial charge in [0, 0.05) is 54.8 Å². The smallest absolute Gasteiger partial charge is 0.254 e. The molecular formula is C37H38N6O3. The van der Waals surface area contributed by atoms with Crippen molar-refractivity contribution in [2.24, 2.45) is 24.8 Å². The van der Waals surface area contributed by atoms with Crippen LogP contribution in [0, 0.1) is 17.8 Å². The Kier molecular flexibility index (Phi) is 6.11. The fourth-order valence-electron chi connectivity index (χ4n) is 8.28. The van der Waals surface area contributed by atoms with Crippen molar-refractivity contribution in [2.45, 2.75) is 58.0 Å². The average molecular weight is 615 g/mol. The minimum absolute atomic E-state index is 0.0595. The van der Waals surface area contributed by atoms with Crippen molar-refractivity contribution in [1.82, 2.24) is 24.0 Å². The number of methoxy groups -OCH3 is 1. The van der Waals surface area contributed by atoms with Gasteiger partial charge in [-0.05, 0) is 91.8 Å². The molecule has 1 N–H and O–H groups in total. The number of anilines is 1. The molecular weight excluding hydrogens is 576 g/mol. The van der Waals surface area contributed by atoms with Crippen molar-refractivity contribution < 1.29 is 14.3 Å². The van der Waals surface area contributed by atoms with Crippen molar-refractivity contribution in [3.8, 4) is 28.5 Å². The lowest BCUT2D eigenvalue weighted by atomic mass is 9.99. The molecule has 9 rings (SSSR count). The molecule has 2 amide bonds. The number of fused-ring (bicyclic) bond motifs is 5. The summed E-state index contributed by atoms with van der Waals surface area (Å²) in [5.74, 6) is 3.40.